The number of fused-ring (bicyclic) bond motifs is 1. The van der Waals surface area contributed by atoms with Gasteiger partial charge < -0.3 is 9.73 Å². The summed E-state index contributed by atoms with van der Waals surface area (Å²) in [5.41, 5.74) is 2.63. The maximum atomic E-state index is 6.01. The molecule has 1 aliphatic carbocycles. The van der Waals surface area contributed by atoms with E-state index < -0.39 is 0 Å². The van der Waals surface area contributed by atoms with Gasteiger partial charge >= 0.3 is 0 Å². The Balaban J connectivity index is 1.82. The highest BCUT2D eigenvalue weighted by molar-refractivity contribution is 6.30. The molecule has 0 saturated carbocycles. The highest BCUT2D eigenvalue weighted by Gasteiger charge is 2.26. The number of nitrogens with one attached hydrogen (secondary N) is 1. The Labute approximate surface area is 131 Å². The van der Waals surface area contributed by atoms with Gasteiger partial charge in [0.05, 0.1) is 6.26 Å². The van der Waals surface area contributed by atoms with Crippen LogP contribution in [0.1, 0.15) is 55.7 Å². The average Bonchev–Trinajstić information content (AvgIpc) is 2.95. The molecule has 1 aliphatic rings. The van der Waals surface area contributed by atoms with E-state index in [1.165, 1.54) is 24.0 Å². The van der Waals surface area contributed by atoms with Crippen molar-refractivity contribution in [2.45, 2.75) is 45.2 Å². The molecule has 1 heterocycles. The SMILES string of the molecule is CC(C)C(NC1CCCc2occc21)c1ccc(Cl)cc1. The first kappa shape index (κ1) is 14.7. The first-order chi connectivity index (χ1) is 10.1. The Morgan fingerprint density at radius 3 is 2.67 bits per heavy atom. The number of hydrogen-bond donors (Lipinski definition) is 1. The molecule has 2 unspecified atom stereocenters. The zero-order valence-corrected chi connectivity index (χ0v) is 13.4. The minimum absolute atomic E-state index is 0.327. The molecule has 0 spiro atoms. The van der Waals surface area contributed by atoms with E-state index >= 15 is 0 Å². The second-order valence-corrected chi connectivity index (χ2v) is 6.62. The first-order valence-electron chi connectivity index (χ1n) is 7.73. The number of hydrogen-bond acceptors (Lipinski definition) is 2. The Bertz CT molecular complexity index is 588. The van der Waals surface area contributed by atoms with Crippen LogP contribution in [0.15, 0.2) is 41.0 Å². The van der Waals surface area contributed by atoms with E-state index in [1.54, 1.807) is 0 Å². The summed E-state index contributed by atoms with van der Waals surface area (Å²) in [6.07, 6.45) is 5.23. The summed E-state index contributed by atoms with van der Waals surface area (Å²) in [6.45, 7) is 4.51. The van der Waals surface area contributed by atoms with Crippen LogP contribution in [-0.4, -0.2) is 0 Å². The summed E-state index contributed by atoms with van der Waals surface area (Å²) >= 11 is 6.01. The van der Waals surface area contributed by atoms with Crippen molar-refractivity contribution in [2.24, 2.45) is 5.92 Å². The van der Waals surface area contributed by atoms with E-state index in [0.29, 0.717) is 18.0 Å². The van der Waals surface area contributed by atoms with Gasteiger partial charge in [-0.2, -0.15) is 0 Å². The lowest BCUT2D eigenvalue weighted by molar-refractivity contribution is 0.328. The Morgan fingerprint density at radius 1 is 1.19 bits per heavy atom. The normalized spacial score (nSPS) is 19.5. The van der Waals surface area contributed by atoms with Gasteiger partial charge in [0.25, 0.3) is 0 Å². The number of furan rings is 1. The van der Waals surface area contributed by atoms with Crippen LogP contribution in [0.25, 0.3) is 0 Å². The smallest absolute Gasteiger partial charge is 0.108 e. The zero-order chi connectivity index (χ0) is 14.8. The van der Waals surface area contributed by atoms with Crippen LogP contribution in [0.2, 0.25) is 5.02 Å². The van der Waals surface area contributed by atoms with Crippen molar-refractivity contribution in [1.29, 1.82) is 0 Å². The molecule has 2 nitrogen and oxygen atoms in total. The van der Waals surface area contributed by atoms with Crippen molar-refractivity contribution in [3.8, 4) is 0 Å². The van der Waals surface area contributed by atoms with Gasteiger partial charge in [0.2, 0.25) is 0 Å². The molecule has 0 radical (unpaired) electrons. The lowest BCUT2D eigenvalue weighted by Gasteiger charge is -2.31. The molecule has 0 amide bonds. The second-order valence-electron chi connectivity index (χ2n) is 6.18. The molecular weight excluding hydrogens is 282 g/mol. The van der Waals surface area contributed by atoms with Crippen LogP contribution >= 0.6 is 11.6 Å². The van der Waals surface area contributed by atoms with Crippen LogP contribution in [0.4, 0.5) is 0 Å². The third-order valence-corrected chi connectivity index (χ3v) is 4.58. The molecule has 3 rings (SSSR count). The van der Waals surface area contributed by atoms with Crippen LogP contribution in [-0.2, 0) is 6.42 Å². The molecule has 0 bridgehead atoms. The van der Waals surface area contributed by atoms with Gasteiger partial charge in [-0.15, -0.1) is 0 Å². The molecule has 1 aromatic carbocycles. The molecular formula is C18H22ClNO. The fourth-order valence-electron chi connectivity index (χ4n) is 3.22. The summed E-state index contributed by atoms with van der Waals surface area (Å²) in [5, 5.41) is 4.62. The van der Waals surface area contributed by atoms with Gasteiger partial charge in [0.15, 0.2) is 0 Å². The highest BCUT2D eigenvalue weighted by atomic mass is 35.5. The second kappa shape index (κ2) is 6.25. The van der Waals surface area contributed by atoms with Gasteiger partial charge in [0.1, 0.15) is 5.76 Å². The summed E-state index contributed by atoms with van der Waals surface area (Å²) in [6, 6.07) is 11.0. The minimum Gasteiger partial charge on any atom is -0.469 e. The standard InChI is InChI=1S/C18H22ClNO/c1-12(2)18(13-6-8-14(19)9-7-13)20-16-4-3-5-17-15(16)10-11-21-17/h6-12,16,18,20H,3-5H2,1-2H3. The van der Waals surface area contributed by atoms with Crippen LogP contribution < -0.4 is 5.32 Å². The van der Waals surface area contributed by atoms with E-state index in [4.69, 9.17) is 16.0 Å². The van der Waals surface area contributed by atoms with Crippen LogP contribution in [0.3, 0.4) is 0 Å². The van der Waals surface area contributed by atoms with E-state index in [1.807, 2.05) is 18.4 Å². The fraction of sp³-hybridized carbons (Fsp3) is 0.444. The molecule has 0 aliphatic heterocycles. The molecule has 2 atom stereocenters. The van der Waals surface area contributed by atoms with Crippen molar-refractivity contribution < 1.29 is 4.42 Å². The van der Waals surface area contributed by atoms with Gasteiger partial charge in [-0.25, -0.2) is 0 Å². The molecule has 112 valence electrons. The summed E-state index contributed by atoms with van der Waals surface area (Å²) < 4.78 is 5.59. The van der Waals surface area contributed by atoms with Crippen molar-refractivity contribution in [3.63, 3.8) is 0 Å². The third-order valence-electron chi connectivity index (χ3n) is 4.33. The Hall–Kier alpha value is -1.25. The molecule has 0 saturated heterocycles. The fourth-order valence-corrected chi connectivity index (χ4v) is 3.35. The summed E-state index contributed by atoms with van der Waals surface area (Å²) in [4.78, 5) is 0. The molecule has 0 fully saturated rings. The maximum Gasteiger partial charge on any atom is 0.108 e. The number of aryl methyl sites for hydroxylation is 1. The van der Waals surface area contributed by atoms with Crippen LogP contribution in [0, 0.1) is 5.92 Å². The Morgan fingerprint density at radius 2 is 1.95 bits per heavy atom. The lowest BCUT2D eigenvalue weighted by atomic mass is 9.89. The highest BCUT2D eigenvalue weighted by Crippen LogP contribution is 2.34. The largest absolute Gasteiger partial charge is 0.469 e. The number of rotatable bonds is 4. The zero-order valence-electron chi connectivity index (χ0n) is 12.6. The van der Waals surface area contributed by atoms with Gasteiger partial charge in [-0.05, 0) is 42.5 Å². The molecule has 3 heteroatoms. The lowest BCUT2D eigenvalue weighted by Crippen LogP contribution is -2.31. The van der Waals surface area contributed by atoms with Crippen molar-refractivity contribution in [2.75, 3.05) is 0 Å². The van der Waals surface area contributed by atoms with E-state index in [-0.39, 0.29) is 0 Å². The first-order valence-corrected chi connectivity index (χ1v) is 8.10. The van der Waals surface area contributed by atoms with Crippen molar-refractivity contribution in [1.82, 2.24) is 5.32 Å². The van der Waals surface area contributed by atoms with Gasteiger partial charge in [-0.3, -0.25) is 0 Å². The van der Waals surface area contributed by atoms with Crippen molar-refractivity contribution >= 4 is 11.6 Å². The maximum absolute atomic E-state index is 6.01. The third kappa shape index (κ3) is 3.17. The molecule has 21 heavy (non-hydrogen) atoms. The molecule has 1 aromatic heterocycles. The average molecular weight is 304 g/mol. The van der Waals surface area contributed by atoms with Gasteiger partial charge in [-0.1, -0.05) is 37.6 Å². The van der Waals surface area contributed by atoms with E-state index in [0.717, 1.165) is 17.2 Å². The summed E-state index contributed by atoms with van der Waals surface area (Å²) in [7, 11) is 0. The molecule has 2 aromatic rings. The minimum atomic E-state index is 0.327. The quantitative estimate of drug-likeness (QED) is 0.829. The van der Waals surface area contributed by atoms with E-state index in [9.17, 15) is 0 Å². The van der Waals surface area contributed by atoms with Crippen LogP contribution in [0.5, 0.6) is 0 Å². The van der Waals surface area contributed by atoms with Gasteiger partial charge in [0, 0.05) is 29.1 Å². The predicted octanol–water partition coefficient (Wildman–Crippen LogP) is 5.30. The molecule has 1 N–H and O–H groups in total. The topological polar surface area (TPSA) is 25.2 Å². The predicted molar refractivity (Wildman–Crippen MR) is 86.6 cm³/mol. The summed E-state index contributed by atoms with van der Waals surface area (Å²) in [5.74, 6) is 1.67. The van der Waals surface area contributed by atoms with Crippen molar-refractivity contribution in [3.05, 3.63) is 58.5 Å². The monoisotopic (exact) mass is 303 g/mol. The van der Waals surface area contributed by atoms with E-state index in [2.05, 4.69) is 37.4 Å². The Kier molecular flexibility index (Phi) is 4.37. The number of halogens is 1. The number of benzene rings is 1.